The Bertz CT molecular complexity index is 1730. The van der Waals surface area contributed by atoms with Crippen molar-refractivity contribution in [3.63, 3.8) is 0 Å². The Morgan fingerprint density at radius 1 is 1.04 bits per heavy atom. The standard InChI is InChI=1S/C45H68N6O5S/c1-30(40(46)52)37(25-33-17-16-18-33)47-31(2)38-26-36(56-42(54)50-24-21-34-19-12-10-13-20-35(34)27-50)28-51(38)32(3)39(43(4,5)6)48-41(53)49-45(22-14-11-15-23-45)29-57(55)44(7,8)9/h10,13,19-20,33,36-39,47H,1-3,11,14-18,21-29H2,4-9H3,(H2,46,52)(H2,48,49,53)/t36-,37?,38?,39?,57?/m1/s1. The molecule has 0 aromatic rings. The van der Waals surface area contributed by atoms with E-state index in [-0.39, 0.29) is 18.2 Å². The van der Waals surface area contributed by atoms with Gasteiger partial charge in [0.2, 0.25) is 5.91 Å². The third-order valence-electron chi connectivity index (χ3n) is 12.4. The van der Waals surface area contributed by atoms with Crippen molar-refractivity contribution in [2.45, 2.75) is 147 Å². The van der Waals surface area contributed by atoms with E-state index in [9.17, 15) is 18.6 Å². The lowest BCUT2D eigenvalue weighted by Crippen LogP contribution is -2.60. The zero-order valence-corrected chi connectivity index (χ0v) is 36.2. The first-order valence-corrected chi connectivity index (χ1v) is 22.2. The van der Waals surface area contributed by atoms with Gasteiger partial charge in [-0.25, -0.2) is 9.59 Å². The lowest BCUT2D eigenvalue weighted by atomic mass is 9.79. The van der Waals surface area contributed by atoms with E-state index in [0.717, 1.165) is 56.9 Å². The van der Waals surface area contributed by atoms with Crippen LogP contribution in [0.1, 0.15) is 112 Å². The fourth-order valence-corrected chi connectivity index (χ4v) is 9.91. The van der Waals surface area contributed by atoms with E-state index in [0.29, 0.717) is 67.5 Å². The number of nitrogens with one attached hydrogen (secondary N) is 3. The van der Waals surface area contributed by atoms with Crippen LogP contribution in [-0.2, 0) is 20.3 Å². The quantitative estimate of drug-likeness (QED) is 0.109. The molecule has 2 saturated carbocycles. The van der Waals surface area contributed by atoms with Gasteiger partial charge in [-0.2, -0.15) is 0 Å². The number of hydrogen-bond acceptors (Lipinski definition) is 7. The zero-order chi connectivity index (χ0) is 41.7. The summed E-state index contributed by atoms with van der Waals surface area (Å²) < 4.78 is 19.3. The highest BCUT2D eigenvalue weighted by atomic mass is 32.2. The number of rotatable bonds is 14. The second-order valence-corrected chi connectivity index (χ2v) is 21.1. The van der Waals surface area contributed by atoms with Crippen LogP contribution in [0.15, 0.2) is 77.9 Å². The van der Waals surface area contributed by atoms with Crippen molar-refractivity contribution in [2.75, 3.05) is 25.4 Å². The van der Waals surface area contributed by atoms with Crippen molar-refractivity contribution in [1.82, 2.24) is 25.8 Å². The molecular weight excluding hydrogens is 737 g/mol. The number of primary amides is 1. The fraction of sp³-hybridized carbons (Fsp3) is 0.644. The molecule has 1 saturated heterocycles. The van der Waals surface area contributed by atoms with E-state index in [2.05, 4.69) is 67.1 Å². The molecule has 3 fully saturated rings. The van der Waals surface area contributed by atoms with Gasteiger partial charge in [-0.1, -0.05) is 91.2 Å². The number of carbonyl (C=O) groups excluding carboxylic acids is 3. The summed E-state index contributed by atoms with van der Waals surface area (Å²) in [6, 6.07) is -1.63. The van der Waals surface area contributed by atoms with Gasteiger partial charge < -0.3 is 36.2 Å². The molecule has 0 spiro atoms. The molecule has 5 rings (SSSR count). The average molecular weight is 805 g/mol. The molecule has 0 aromatic carbocycles. The largest absolute Gasteiger partial charge is 0.444 e. The number of amides is 4. The molecular formula is C45H68N6O5S. The predicted octanol–water partition coefficient (Wildman–Crippen LogP) is 7.03. The van der Waals surface area contributed by atoms with Gasteiger partial charge in [0.05, 0.1) is 30.2 Å². The molecule has 3 aliphatic carbocycles. The van der Waals surface area contributed by atoms with Gasteiger partial charge in [-0.15, -0.1) is 5.73 Å². The third-order valence-corrected chi connectivity index (χ3v) is 14.6. The Labute approximate surface area is 343 Å². The van der Waals surface area contributed by atoms with E-state index in [4.69, 9.17) is 10.5 Å². The Balaban J connectivity index is 1.37. The number of hydrogen-bond donors (Lipinski definition) is 4. The molecule has 0 bridgehead atoms. The lowest BCUT2D eigenvalue weighted by Gasteiger charge is -2.43. The van der Waals surface area contributed by atoms with Gasteiger partial charge in [-0.3, -0.25) is 9.00 Å². The molecule has 12 heteroatoms. The van der Waals surface area contributed by atoms with Crippen LogP contribution in [-0.4, -0.2) is 91.9 Å². The van der Waals surface area contributed by atoms with Crippen molar-refractivity contribution in [2.24, 2.45) is 17.1 Å². The first-order valence-electron chi connectivity index (χ1n) is 20.9. The monoisotopic (exact) mass is 804 g/mol. The Morgan fingerprint density at radius 2 is 1.74 bits per heavy atom. The summed E-state index contributed by atoms with van der Waals surface area (Å²) in [5, 5.41) is 10.1. The molecule has 0 radical (unpaired) electrons. The predicted molar refractivity (Wildman–Crippen MR) is 229 cm³/mol. The number of carbonyl (C=O) groups is 3. The highest BCUT2D eigenvalue weighted by Gasteiger charge is 2.44. The number of ether oxygens (including phenoxy) is 1. The SMILES string of the molecule is C=C(C(N)=O)C(CC1CCC1)NC(=C)C1C[C@@H](OC(=O)N2CCC3=C(C=CC=C=C3)C2)CN1C(=C)C(NC(=O)NC1(CS(=O)C(C)(C)C)CCCCC1)C(C)(C)C. The van der Waals surface area contributed by atoms with Crippen molar-refractivity contribution in [1.29, 1.82) is 0 Å². The van der Waals surface area contributed by atoms with Crippen molar-refractivity contribution < 1.29 is 23.3 Å². The average Bonchev–Trinajstić information content (AvgIpc) is 3.39. The molecule has 314 valence electrons. The first kappa shape index (κ1) is 44.1. The summed E-state index contributed by atoms with van der Waals surface area (Å²) in [4.78, 5) is 44.1. The van der Waals surface area contributed by atoms with E-state index in [1.165, 1.54) is 5.57 Å². The van der Waals surface area contributed by atoms with E-state index >= 15 is 0 Å². The molecule has 5 atom stereocenters. The Kier molecular flexibility index (Phi) is 14.1. The summed E-state index contributed by atoms with van der Waals surface area (Å²) in [5.74, 6) is 0.306. The van der Waals surface area contributed by atoms with Gasteiger partial charge in [0, 0.05) is 57.8 Å². The number of nitrogens with two attached hydrogens (primary N) is 1. The van der Waals surface area contributed by atoms with Gasteiger partial charge in [-0.05, 0) is 81.1 Å². The van der Waals surface area contributed by atoms with Gasteiger partial charge >= 0.3 is 12.1 Å². The van der Waals surface area contributed by atoms with Crippen LogP contribution in [0, 0.1) is 11.3 Å². The molecule has 11 nitrogen and oxygen atoms in total. The van der Waals surface area contributed by atoms with Gasteiger partial charge in [0.15, 0.2) is 0 Å². The van der Waals surface area contributed by atoms with Gasteiger partial charge in [0.1, 0.15) is 6.10 Å². The molecule has 0 aromatic heterocycles. The van der Waals surface area contributed by atoms with Crippen molar-refractivity contribution in [3.8, 4) is 0 Å². The first-order chi connectivity index (χ1) is 26.8. The second kappa shape index (κ2) is 18.3. The van der Waals surface area contributed by atoms with E-state index < -0.39 is 50.6 Å². The Hall–Kier alpha value is -4.02. The van der Waals surface area contributed by atoms with Crippen LogP contribution < -0.4 is 21.7 Å². The van der Waals surface area contributed by atoms with Crippen LogP contribution in [0.3, 0.4) is 0 Å². The molecule has 4 amide bonds. The maximum atomic E-state index is 14.1. The summed E-state index contributed by atoms with van der Waals surface area (Å²) in [6.07, 6.45) is 16.7. The van der Waals surface area contributed by atoms with E-state index in [1.54, 1.807) is 4.90 Å². The molecule has 5 aliphatic rings. The summed E-state index contributed by atoms with van der Waals surface area (Å²) in [6.45, 7) is 26.5. The van der Waals surface area contributed by atoms with Crippen LogP contribution in [0.4, 0.5) is 9.59 Å². The van der Waals surface area contributed by atoms with Crippen LogP contribution >= 0.6 is 0 Å². The molecule has 2 aliphatic heterocycles. The molecule has 57 heavy (non-hydrogen) atoms. The number of likely N-dealkylation sites (tertiary alicyclic amines) is 1. The minimum atomic E-state index is -1.14. The number of nitrogens with zero attached hydrogens (tertiary/aromatic N) is 2. The van der Waals surface area contributed by atoms with Gasteiger partial charge in [0.25, 0.3) is 0 Å². The topological polar surface area (TPSA) is 146 Å². The minimum absolute atomic E-state index is 0.306. The van der Waals surface area contributed by atoms with E-state index in [1.807, 2.05) is 45.1 Å². The lowest BCUT2D eigenvalue weighted by molar-refractivity contribution is -0.114. The summed E-state index contributed by atoms with van der Waals surface area (Å²) >= 11 is 0. The highest BCUT2D eigenvalue weighted by molar-refractivity contribution is 7.86. The fourth-order valence-electron chi connectivity index (χ4n) is 8.62. The summed E-state index contributed by atoms with van der Waals surface area (Å²) in [7, 11) is -1.14. The van der Waals surface area contributed by atoms with Crippen LogP contribution in [0.2, 0.25) is 0 Å². The third kappa shape index (κ3) is 11.3. The van der Waals surface area contributed by atoms with Crippen LogP contribution in [0.25, 0.3) is 0 Å². The minimum Gasteiger partial charge on any atom is -0.444 e. The smallest absolute Gasteiger partial charge is 0.410 e. The normalized spacial score (nSPS) is 23.7. The number of allylic oxidation sites excluding steroid dienone is 2. The van der Waals surface area contributed by atoms with Crippen LogP contribution in [0.5, 0.6) is 0 Å². The zero-order valence-electron chi connectivity index (χ0n) is 35.3. The van der Waals surface area contributed by atoms with Crippen molar-refractivity contribution in [3.05, 3.63) is 77.9 Å². The maximum Gasteiger partial charge on any atom is 0.410 e. The molecule has 4 unspecified atom stereocenters. The maximum absolute atomic E-state index is 14.1. The second-order valence-electron chi connectivity index (χ2n) is 18.9. The Morgan fingerprint density at radius 3 is 2.35 bits per heavy atom. The van der Waals surface area contributed by atoms with Crippen molar-refractivity contribution >= 4 is 28.8 Å². The molecule has 5 N–H and O–H groups in total. The molecule has 2 heterocycles. The number of urea groups is 1. The summed E-state index contributed by atoms with van der Waals surface area (Å²) in [5.41, 5.74) is 11.7. The highest BCUT2D eigenvalue weighted by Crippen LogP contribution is 2.37.